The first-order valence-corrected chi connectivity index (χ1v) is 7.63. The highest BCUT2D eigenvalue weighted by molar-refractivity contribution is 7.89. The van der Waals surface area contributed by atoms with Gasteiger partial charge in [-0.1, -0.05) is 0 Å². The van der Waals surface area contributed by atoms with Crippen LogP contribution >= 0.6 is 0 Å². The van der Waals surface area contributed by atoms with Crippen LogP contribution in [0.25, 0.3) is 11.1 Å². The molecule has 1 aromatic carbocycles. The maximum atomic E-state index is 12.1. The third kappa shape index (κ3) is 2.83. The second-order valence-corrected chi connectivity index (χ2v) is 6.14. The standard InChI is InChI=1S/C12H14N2O6S/c1-3-14-9-5-4-8(6-10(9)20-12(14)17)21(18,19)13-7(2)11(15)16/h4-7,13H,3H2,1-2H3,(H,15,16)/t7-/m0/s1. The molecule has 0 saturated carbocycles. The summed E-state index contributed by atoms with van der Waals surface area (Å²) in [5.41, 5.74) is 0.612. The van der Waals surface area contributed by atoms with Crippen LogP contribution in [0.4, 0.5) is 0 Å². The van der Waals surface area contributed by atoms with E-state index in [2.05, 4.69) is 0 Å². The first kappa shape index (κ1) is 15.3. The monoisotopic (exact) mass is 314 g/mol. The molecule has 1 aromatic heterocycles. The maximum Gasteiger partial charge on any atom is 0.419 e. The minimum atomic E-state index is -4.01. The van der Waals surface area contributed by atoms with Crippen LogP contribution in [0.15, 0.2) is 32.3 Å². The molecular weight excluding hydrogens is 300 g/mol. The number of oxazole rings is 1. The summed E-state index contributed by atoms with van der Waals surface area (Å²) in [7, 11) is -4.01. The Bertz CT molecular complexity index is 848. The van der Waals surface area contributed by atoms with Crippen LogP contribution in [-0.4, -0.2) is 30.1 Å². The molecule has 0 aliphatic carbocycles. The average Bonchev–Trinajstić information content (AvgIpc) is 2.72. The third-order valence-electron chi connectivity index (χ3n) is 2.97. The van der Waals surface area contributed by atoms with E-state index < -0.39 is 27.8 Å². The van der Waals surface area contributed by atoms with Gasteiger partial charge in [-0.15, -0.1) is 0 Å². The molecule has 0 saturated heterocycles. The lowest BCUT2D eigenvalue weighted by Crippen LogP contribution is -2.38. The van der Waals surface area contributed by atoms with E-state index in [0.717, 1.165) is 0 Å². The van der Waals surface area contributed by atoms with Crippen molar-refractivity contribution >= 4 is 27.1 Å². The van der Waals surface area contributed by atoms with E-state index in [-0.39, 0.29) is 10.5 Å². The van der Waals surface area contributed by atoms with E-state index in [1.165, 1.54) is 29.7 Å². The lowest BCUT2D eigenvalue weighted by molar-refractivity contribution is -0.138. The van der Waals surface area contributed by atoms with Crippen molar-refractivity contribution in [2.24, 2.45) is 0 Å². The number of carboxylic acids is 1. The van der Waals surface area contributed by atoms with Gasteiger partial charge in [0.15, 0.2) is 5.58 Å². The zero-order valence-electron chi connectivity index (χ0n) is 11.4. The van der Waals surface area contributed by atoms with Crippen molar-refractivity contribution < 1.29 is 22.7 Å². The van der Waals surface area contributed by atoms with E-state index in [9.17, 15) is 18.0 Å². The van der Waals surface area contributed by atoms with Crippen molar-refractivity contribution in [2.75, 3.05) is 0 Å². The van der Waals surface area contributed by atoms with Crippen LogP contribution in [-0.2, 0) is 21.4 Å². The number of carbonyl (C=O) groups is 1. The van der Waals surface area contributed by atoms with Crippen LogP contribution in [0.5, 0.6) is 0 Å². The second-order valence-electron chi connectivity index (χ2n) is 4.42. The van der Waals surface area contributed by atoms with E-state index in [4.69, 9.17) is 9.52 Å². The zero-order chi connectivity index (χ0) is 15.8. The van der Waals surface area contributed by atoms with Crippen LogP contribution in [0, 0.1) is 0 Å². The Labute approximate surface area is 120 Å². The Morgan fingerprint density at radius 2 is 2.14 bits per heavy atom. The first-order valence-electron chi connectivity index (χ1n) is 6.14. The summed E-state index contributed by atoms with van der Waals surface area (Å²) in [4.78, 5) is 22.1. The van der Waals surface area contributed by atoms with Crippen LogP contribution in [0.3, 0.4) is 0 Å². The van der Waals surface area contributed by atoms with E-state index in [1.807, 2.05) is 4.72 Å². The fraction of sp³-hybridized carbons (Fsp3) is 0.333. The summed E-state index contributed by atoms with van der Waals surface area (Å²) in [6, 6.07) is 2.67. The van der Waals surface area contributed by atoms with Gasteiger partial charge in [-0.25, -0.2) is 13.2 Å². The van der Waals surface area contributed by atoms with Gasteiger partial charge in [-0.05, 0) is 26.0 Å². The number of rotatable bonds is 5. The summed E-state index contributed by atoms with van der Waals surface area (Å²) in [6.45, 7) is 3.37. The highest BCUT2D eigenvalue weighted by atomic mass is 32.2. The van der Waals surface area contributed by atoms with Gasteiger partial charge < -0.3 is 9.52 Å². The van der Waals surface area contributed by atoms with Gasteiger partial charge in [0.05, 0.1) is 10.4 Å². The normalized spacial score (nSPS) is 13.4. The molecule has 2 rings (SSSR count). The Hall–Kier alpha value is -2.13. The van der Waals surface area contributed by atoms with Gasteiger partial charge in [-0.2, -0.15) is 4.72 Å². The maximum absolute atomic E-state index is 12.1. The number of aliphatic carboxylic acids is 1. The van der Waals surface area contributed by atoms with Crippen LogP contribution in [0.1, 0.15) is 13.8 Å². The Kier molecular flexibility index (Phi) is 3.88. The van der Waals surface area contributed by atoms with Gasteiger partial charge in [0.1, 0.15) is 6.04 Å². The molecule has 8 nitrogen and oxygen atoms in total. The number of nitrogens with one attached hydrogen (secondary N) is 1. The summed E-state index contributed by atoms with van der Waals surface area (Å²) < 4.78 is 32.5. The molecule has 0 aliphatic rings. The summed E-state index contributed by atoms with van der Waals surface area (Å²) >= 11 is 0. The fourth-order valence-corrected chi connectivity index (χ4v) is 3.08. The van der Waals surface area contributed by atoms with Crippen molar-refractivity contribution in [3.8, 4) is 0 Å². The number of sulfonamides is 1. The molecule has 9 heteroatoms. The second kappa shape index (κ2) is 5.34. The number of fused-ring (bicyclic) bond motifs is 1. The molecule has 21 heavy (non-hydrogen) atoms. The minimum Gasteiger partial charge on any atom is -0.480 e. The van der Waals surface area contributed by atoms with E-state index in [0.29, 0.717) is 12.1 Å². The number of hydrogen-bond donors (Lipinski definition) is 2. The largest absolute Gasteiger partial charge is 0.480 e. The van der Waals surface area contributed by atoms with Gasteiger partial charge in [0.2, 0.25) is 10.0 Å². The molecule has 0 spiro atoms. The molecule has 2 aromatic rings. The van der Waals surface area contributed by atoms with E-state index in [1.54, 1.807) is 6.92 Å². The number of carboxylic acid groups (broad SMARTS) is 1. The van der Waals surface area contributed by atoms with Gasteiger partial charge in [0.25, 0.3) is 0 Å². The topological polar surface area (TPSA) is 119 Å². The number of hydrogen-bond acceptors (Lipinski definition) is 5. The number of nitrogens with zero attached hydrogens (tertiary/aromatic N) is 1. The number of aromatic nitrogens is 1. The Balaban J connectivity index is 2.48. The molecule has 0 bridgehead atoms. The summed E-state index contributed by atoms with van der Waals surface area (Å²) in [5.74, 6) is -1.86. The first-order chi connectivity index (χ1) is 9.76. The van der Waals surface area contributed by atoms with Crippen molar-refractivity contribution in [1.29, 1.82) is 0 Å². The highest BCUT2D eigenvalue weighted by Crippen LogP contribution is 2.18. The predicted octanol–water partition coefficient (Wildman–Crippen LogP) is 0.366. The van der Waals surface area contributed by atoms with Crippen molar-refractivity contribution in [1.82, 2.24) is 9.29 Å². The van der Waals surface area contributed by atoms with Crippen LogP contribution < -0.4 is 10.5 Å². The predicted molar refractivity (Wildman–Crippen MR) is 73.6 cm³/mol. The lowest BCUT2D eigenvalue weighted by Gasteiger charge is -2.10. The molecule has 1 heterocycles. The van der Waals surface area contributed by atoms with Crippen molar-refractivity contribution in [3.63, 3.8) is 0 Å². The van der Waals surface area contributed by atoms with Crippen LogP contribution in [0.2, 0.25) is 0 Å². The SMILES string of the molecule is CCn1c(=O)oc2cc(S(=O)(=O)N[C@@H](C)C(=O)O)ccc21. The van der Waals surface area contributed by atoms with Gasteiger partial charge >= 0.3 is 11.7 Å². The number of aryl methyl sites for hydroxylation is 1. The third-order valence-corrected chi connectivity index (χ3v) is 4.51. The molecule has 0 fully saturated rings. The lowest BCUT2D eigenvalue weighted by atomic mass is 10.3. The molecule has 114 valence electrons. The van der Waals surface area contributed by atoms with E-state index >= 15 is 0 Å². The Morgan fingerprint density at radius 1 is 1.48 bits per heavy atom. The molecule has 0 unspecified atom stereocenters. The molecule has 1 atom stereocenters. The molecular formula is C12H14N2O6S. The summed E-state index contributed by atoms with van der Waals surface area (Å²) in [6.07, 6.45) is 0. The smallest absolute Gasteiger partial charge is 0.419 e. The average molecular weight is 314 g/mol. The number of benzene rings is 1. The highest BCUT2D eigenvalue weighted by Gasteiger charge is 2.22. The quantitative estimate of drug-likeness (QED) is 0.823. The van der Waals surface area contributed by atoms with Crippen molar-refractivity contribution in [2.45, 2.75) is 31.3 Å². The zero-order valence-corrected chi connectivity index (χ0v) is 12.2. The molecule has 0 aliphatic heterocycles. The van der Waals surface area contributed by atoms with Gasteiger partial charge in [-0.3, -0.25) is 9.36 Å². The Morgan fingerprint density at radius 3 is 2.71 bits per heavy atom. The van der Waals surface area contributed by atoms with Crippen molar-refractivity contribution in [3.05, 3.63) is 28.7 Å². The molecule has 0 amide bonds. The van der Waals surface area contributed by atoms with Gasteiger partial charge in [0, 0.05) is 12.6 Å². The summed E-state index contributed by atoms with van der Waals surface area (Å²) in [5, 5.41) is 8.75. The molecule has 2 N–H and O–H groups in total. The minimum absolute atomic E-state index is 0.132. The molecule has 0 radical (unpaired) electrons. The fourth-order valence-electron chi connectivity index (χ4n) is 1.86.